The molecule has 0 spiro atoms. The molecule has 0 aromatic heterocycles. The van der Waals surface area contributed by atoms with E-state index < -0.39 is 0 Å². The summed E-state index contributed by atoms with van der Waals surface area (Å²) >= 11 is 0. The zero-order chi connectivity index (χ0) is 17.0. The van der Waals surface area contributed by atoms with Crippen LogP contribution in [-0.4, -0.2) is 24.6 Å². The molecule has 0 aliphatic rings. The first-order chi connectivity index (χ1) is 11.3. The van der Waals surface area contributed by atoms with Gasteiger partial charge in [0.1, 0.15) is 0 Å². The minimum atomic E-state index is 1.11. The summed E-state index contributed by atoms with van der Waals surface area (Å²) < 4.78 is 0. The summed E-state index contributed by atoms with van der Waals surface area (Å²) in [6, 6.07) is 0. The van der Waals surface area contributed by atoms with Crippen LogP contribution < -0.4 is 5.43 Å². The highest BCUT2D eigenvalue weighted by Crippen LogP contribution is 2.13. The van der Waals surface area contributed by atoms with Gasteiger partial charge in [0.25, 0.3) is 0 Å². The number of hydrogen-bond acceptors (Lipinski definition) is 2. The molecule has 0 saturated carbocycles. The molecule has 1 N–H and O–H groups in total. The predicted molar refractivity (Wildman–Crippen MR) is 106 cm³/mol. The van der Waals surface area contributed by atoms with Crippen LogP contribution in [0.5, 0.6) is 0 Å². The summed E-state index contributed by atoms with van der Waals surface area (Å²) in [7, 11) is 0. The van der Waals surface area contributed by atoms with Crippen molar-refractivity contribution in [1.82, 2.24) is 10.4 Å². The summed E-state index contributed by atoms with van der Waals surface area (Å²) in [6.07, 6.45) is 21.6. The van der Waals surface area contributed by atoms with Crippen LogP contribution in [0.25, 0.3) is 0 Å². The number of hydrazine groups is 1. The van der Waals surface area contributed by atoms with E-state index in [1.165, 1.54) is 96.3 Å². The van der Waals surface area contributed by atoms with Gasteiger partial charge in [0, 0.05) is 19.6 Å². The third kappa shape index (κ3) is 18.1. The van der Waals surface area contributed by atoms with E-state index in [4.69, 9.17) is 0 Å². The SMILES string of the molecule is CCCCCCCCCCCCCCCCCNN(CC)CC. The second kappa shape index (κ2) is 20.0. The molecule has 0 heterocycles. The normalized spacial score (nSPS) is 11.5. The Morgan fingerprint density at radius 1 is 0.478 bits per heavy atom. The number of nitrogens with zero attached hydrogens (tertiary/aromatic N) is 1. The second-order valence-electron chi connectivity index (χ2n) is 7.03. The van der Waals surface area contributed by atoms with E-state index in [9.17, 15) is 0 Å². The third-order valence-electron chi connectivity index (χ3n) is 4.88. The van der Waals surface area contributed by atoms with Crippen molar-refractivity contribution in [2.75, 3.05) is 19.6 Å². The van der Waals surface area contributed by atoms with Gasteiger partial charge in [-0.05, 0) is 6.42 Å². The van der Waals surface area contributed by atoms with Crippen LogP contribution in [0.1, 0.15) is 117 Å². The van der Waals surface area contributed by atoms with Crippen molar-refractivity contribution in [1.29, 1.82) is 0 Å². The van der Waals surface area contributed by atoms with Crippen molar-refractivity contribution in [3.05, 3.63) is 0 Å². The van der Waals surface area contributed by atoms with E-state index in [2.05, 4.69) is 31.2 Å². The number of hydrogen-bond donors (Lipinski definition) is 1. The highest BCUT2D eigenvalue weighted by molar-refractivity contribution is 4.51. The average molecular weight is 327 g/mol. The lowest BCUT2D eigenvalue weighted by atomic mass is 10.0. The first-order valence-corrected chi connectivity index (χ1v) is 10.8. The third-order valence-corrected chi connectivity index (χ3v) is 4.88. The molecule has 2 nitrogen and oxygen atoms in total. The van der Waals surface area contributed by atoms with E-state index in [1.54, 1.807) is 0 Å². The first kappa shape index (κ1) is 22.9. The van der Waals surface area contributed by atoms with Gasteiger partial charge in [-0.3, -0.25) is 5.43 Å². The maximum Gasteiger partial charge on any atom is 0.0102 e. The lowest BCUT2D eigenvalue weighted by Gasteiger charge is -2.19. The van der Waals surface area contributed by atoms with Gasteiger partial charge in [0.15, 0.2) is 0 Å². The average Bonchev–Trinajstić information content (AvgIpc) is 2.58. The van der Waals surface area contributed by atoms with Crippen molar-refractivity contribution in [3.63, 3.8) is 0 Å². The molecule has 0 rings (SSSR count). The van der Waals surface area contributed by atoms with Crippen LogP contribution in [0.4, 0.5) is 0 Å². The molecule has 0 aromatic rings. The molecule has 0 bridgehead atoms. The van der Waals surface area contributed by atoms with Gasteiger partial charge in [-0.15, -0.1) is 0 Å². The zero-order valence-corrected chi connectivity index (χ0v) is 16.7. The summed E-state index contributed by atoms with van der Waals surface area (Å²) in [5, 5.41) is 2.30. The van der Waals surface area contributed by atoms with Gasteiger partial charge in [-0.25, -0.2) is 5.01 Å². The Kier molecular flexibility index (Phi) is 19.9. The molecule has 140 valence electrons. The topological polar surface area (TPSA) is 15.3 Å². The highest BCUT2D eigenvalue weighted by Gasteiger charge is 1.97. The van der Waals surface area contributed by atoms with Crippen LogP contribution in [0.3, 0.4) is 0 Å². The molecule has 0 aromatic carbocycles. The van der Waals surface area contributed by atoms with Crippen molar-refractivity contribution in [2.24, 2.45) is 0 Å². The fraction of sp³-hybridized carbons (Fsp3) is 1.00. The molecule has 0 saturated heterocycles. The Balaban J connectivity index is 3.02. The number of unbranched alkanes of at least 4 members (excludes halogenated alkanes) is 14. The van der Waals surface area contributed by atoms with Crippen molar-refractivity contribution >= 4 is 0 Å². The highest BCUT2D eigenvalue weighted by atomic mass is 15.5. The molecule has 0 amide bonds. The Morgan fingerprint density at radius 2 is 0.826 bits per heavy atom. The maximum absolute atomic E-state index is 3.50. The van der Waals surface area contributed by atoms with Gasteiger partial charge in [-0.1, -0.05) is 111 Å². The number of rotatable bonds is 19. The smallest absolute Gasteiger partial charge is 0.0102 e. The van der Waals surface area contributed by atoms with Gasteiger partial charge in [-0.2, -0.15) is 0 Å². The van der Waals surface area contributed by atoms with Crippen LogP contribution in [0.2, 0.25) is 0 Å². The Morgan fingerprint density at radius 3 is 1.17 bits per heavy atom. The maximum atomic E-state index is 3.50. The molecule has 0 radical (unpaired) electrons. The van der Waals surface area contributed by atoms with E-state index in [0.717, 1.165) is 19.6 Å². The molecule has 0 atom stereocenters. The van der Waals surface area contributed by atoms with Crippen molar-refractivity contribution < 1.29 is 0 Å². The standard InChI is InChI=1S/C21H46N2/c1-4-7-8-9-10-11-12-13-14-15-16-17-18-19-20-21-22-23(5-2)6-3/h22H,4-21H2,1-3H3. The molecule has 0 unspecified atom stereocenters. The Labute approximate surface area is 147 Å². The molecular formula is C21H46N2. The molecular weight excluding hydrogens is 280 g/mol. The minimum absolute atomic E-state index is 1.11. The Hall–Kier alpha value is -0.0800. The quantitative estimate of drug-likeness (QED) is 0.210. The monoisotopic (exact) mass is 326 g/mol. The number of nitrogens with one attached hydrogen (secondary N) is 1. The molecule has 0 fully saturated rings. The molecule has 23 heavy (non-hydrogen) atoms. The molecule has 2 heteroatoms. The zero-order valence-electron chi connectivity index (χ0n) is 16.7. The first-order valence-electron chi connectivity index (χ1n) is 10.8. The molecule has 0 aliphatic carbocycles. The van der Waals surface area contributed by atoms with Crippen LogP contribution in [-0.2, 0) is 0 Å². The lowest BCUT2D eigenvalue weighted by molar-refractivity contribution is 0.207. The van der Waals surface area contributed by atoms with Crippen LogP contribution in [0.15, 0.2) is 0 Å². The van der Waals surface area contributed by atoms with E-state index in [0.29, 0.717) is 0 Å². The van der Waals surface area contributed by atoms with Crippen LogP contribution >= 0.6 is 0 Å². The van der Waals surface area contributed by atoms with Gasteiger partial charge in [0.05, 0.1) is 0 Å². The van der Waals surface area contributed by atoms with Crippen molar-refractivity contribution in [2.45, 2.75) is 117 Å². The summed E-state index contributed by atoms with van der Waals surface area (Å²) in [4.78, 5) is 0. The minimum Gasteiger partial charge on any atom is -0.255 e. The molecule has 0 aliphatic heterocycles. The fourth-order valence-electron chi connectivity index (χ4n) is 3.18. The largest absolute Gasteiger partial charge is 0.255 e. The fourth-order valence-corrected chi connectivity index (χ4v) is 3.18. The predicted octanol–water partition coefficient (Wildman–Crippen LogP) is 6.70. The summed E-state index contributed by atoms with van der Waals surface area (Å²) in [6.45, 7) is 10.1. The van der Waals surface area contributed by atoms with E-state index in [-0.39, 0.29) is 0 Å². The summed E-state index contributed by atoms with van der Waals surface area (Å²) in [5.74, 6) is 0. The van der Waals surface area contributed by atoms with Gasteiger partial charge in [0.2, 0.25) is 0 Å². The van der Waals surface area contributed by atoms with E-state index in [1.807, 2.05) is 0 Å². The second-order valence-corrected chi connectivity index (χ2v) is 7.03. The van der Waals surface area contributed by atoms with Gasteiger partial charge >= 0.3 is 0 Å². The Bertz CT molecular complexity index is 202. The summed E-state index contributed by atoms with van der Waals surface area (Å²) in [5.41, 5.74) is 3.50. The van der Waals surface area contributed by atoms with Crippen molar-refractivity contribution in [3.8, 4) is 0 Å². The van der Waals surface area contributed by atoms with Gasteiger partial charge < -0.3 is 0 Å². The lowest BCUT2D eigenvalue weighted by Crippen LogP contribution is -2.38. The van der Waals surface area contributed by atoms with Crippen LogP contribution in [0, 0.1) is 0 Å². The van der Waals surface area contributed by atoms with E-state index >= 15 is 0 Å².